The number of nitrogens with one attached hydrogen (secondary N) is 2. The molecular formula is C15H17N3O4. The van der Waals surface area contributed by atoms with Crippen molar-refractivity contribution in [1.82, 2.24) is 10.5 Å². The van der Waals surface area contributed by atoms with Crippen LogP contribution in [-0.4, -0.2) is 30.1 Å². The largest absolute Gasteiger partial charge is 0.481 e. The van der Waals surface area contributed by atoms with E-state index in [1.807, 2.05) is 0 Å². The van der Waals surface area contributed by atoms with Crippen molar-refractivity contribution in [2.45, 2.75) is 20.0 Å². The molecule has 2 N–H and O–H groups in total. The molecule has 1 heterocycles. The highest BCUT2D eigenvalue weighted by Gasteiger charge is 2.16. The van der Waals surface area contributed by atoms with Crippen LogP contribution >= 0.6 is 0 Å². The van der Waals surface area contributed by atoms with Gasteiger partial charge in [0.05, 0.1) is 0 Å². The molecule has 22 heavy (non-hydrogen) atoms. The first-order valence-electron chi connectivity index (χ1n) is 6.72. The highest BCUT2D eigenvalue weighted by Crippen LogP contribution is 2.15. The van der Waals surface area contributed by atoms with E-state index >= 15 is 0 Å². The van der Waals surface area contributed by atoms with E-state index in [1.54, 1.807) is 51.2 Å². The molecule has 0 aliphatic rings. The SMILES string of the molecule is CNC(=O)c1ccc(O[C@H](C)C(=O)Nc2cc(C)on2)cc1. The number of aryl methyl sites for hydroxylation is 1. The van der Waals surface area contributed by atoms with Crippen LogP contribution in [0.4, 0.5) is 5.82 Å². The van der Waals surface area contributed by atoms with Gasteiger partial charge < -0.3 is 19.9 Å². The first kappa shape index (κ1) is 15.6. The molecule has 0 aliphatic carbocycles. The minimum Gasteiger partial charge on any atom is -0.481 e. The minimum absolute atomic E-state index is 0.182. The van der Waals surface area contributed by atoms with Gasteiger partial charge in [0.15, 0.2) is 11.9 Å². The van der Waals surface area contributed by atoms with Crippen molar-refractivity contribution in [3.05, 3.63) is 41.7 Å². The summed E-state index contributed by atoms with van der Waals surface area (Å²) in [7, 11) is 1.56. The maximum atomic E-state index is 12.0. The van der Waals surface area contributed by atoms with Gasteiger partial charge in [-0.15, -0.1) is 0 Å². The van der Waals surface area contributed by atoms with E-state index in [0.29, 0.717) is 22.9 Å². The van der Waals surface area contributed by atoms with Gasteiger partial charge in [0.1, 0.15) is 11.5 Å². The Hall–Kier alpha value is -2.83. The number of carbonyl (C=O) groups excluding carboxylic acids is 2. The lowest BCUT2D eigenvalue weighted by Gasteiger charge is -2.13. The van der Waals surface area contributed by atoms with Gasteiger partial charge in [-0.2, -0.15) is 0 Å². The third-order valence-corrected chi connectivity index (χ3v) is 2.90. The summed E-state index contributed by atoms with van der Waals surface area (Å²) in [4.78, 5) is 23.4. The Bertz CT molecular complexity index is 664. The van der Waals surface area contributed by atoms with E-state index in [2.05, 4.69) is 15.8 Å². The van der Waals surface area contributed by atoms with Gasteiger partial charge in [0, 0.05) is 18.7 Å². The van der Waals surface area contributed by atoms with Crippen LogP contribution < -0.4 is 15.4 Å². The third-order valence-electron chi connectivity index (χ3n) is 2.90. The summed E-state index contributed by atoms with van der Waals surface area (Å²) >= 11 is 0. The zero-order valence-electron chi connectivity index (χ0n) is 12.5. The van der Waals surface area contributed by atoms with Crippen molar-refractivity contribution in [2.24, 2.45) is 0 Å². The number of hydrogen-bond donors (Lipinski definition) is 2. The number of aromatic nitrogens is 1. The van der Waals surface area contributed by atoms with Crippen molar-refractivity contribution in [3.63, 3.8) is 0 Å². The zero-order chi connectivity index (χ0) is 16.1. The van der Waals surface area contributed by atoms with E-state index < -0.39 is 6.10 Å². The normalized spacial score (nSPS) is 11.6. The van der Waals surface area contributed by atoms with Crippen LogP contribution in [0.2, 0.25) is 0 Å². The molecule has 7 nitrogen and oxygen atoms in total. The quantitative estimate of drug-likeness (QED) is 0.877. The minimum atomic E-state index is -0.720. The Kier molecular flexibility index (Phi) is 4.77. The molecule has 116 valence electrons. The number of amides is 2. The Morgan fingerprint density at radius 2 is 1.95 bits per heavy atom. The number of ether oxygens (including phenoxy) is 1. The fourth-order valence-electron chi connectivity index (χ4n) is 1.74. The smallest absolute Gasteiger partial charge is 0.266 e. The predicted octanol–water partition coefficient (Wildman–Crippen LogP) is 1.75. The van der Waals surface area contributed by atoms with Crippen LogP contribution in [0.1, 0.15) is 23.0 Å². The number of nitrogens with zero attached hydrogens (tertiary/aromatic N) is 1. The average Bonchev–Trinajstić information content (AvgIpc) is 2.92. The summed E-state index contributed by atoms with van der Waals surface area (Å²) in [6, 6.07) is 8.13. The van der Waals surface area contributed by atoms with E-state index in [1.165, 1.54) is 0 Å². The van der Waals surface area contributed by atoms with Gasteiger partial charge >= 0.3 is 0 Å². The van der Waals surface area contributed by atoms with E-state index in [-0.39, 0.29) is 11.8 Å². The highest BCUT2D eigenvalue weighted by atomic mass is 16.5. The van der Waals surface area contributed by atoms with Crippen LogP contribution in [0.15, 0.2) is 34.9 Å². The van der Waals surface area contributed by atoms with Gasteiger partial charge in [-0.3, -0.25) is 9.59 Å². The number of benzene rings is 1. The Labute approximate surface area is 127 Å². The van der Waals surface area contributed by atoms with Crippen LogP contribution in [0, 0.1) is 6.92 Å². The maximum Gasteiger partial charge on any atom is 0.266 e. The Morgan fingerprint density at radius 1 is 1.27 bits per heavy atom. The number of carbonyl (C=O) groups is 2. The molecule has 2 amide bonds. The van der Waals surface area contributed by atoms with Gasteiger partial charge in [-0.05, 0) is 38.1 Å². The lowest BCUT2D eigenvalue weighted by Crippen LogP contribution is -2.30. The molecule has 1 aromatic heterocycles. The maximum absolute atomic E-state index is 12.0. The second-order valence-corrected chi connectivity index (χ2v) is 4.68. The molecule has 0 saturated carbocycles. The molecule has 2 aromatic rings. The van der Waals surface area contributed by atoms with Gasteiger partial charge in [-0.25, -0.2) is 0 Å². The van der Waals surface area contributed by atoms with Crippen LogP contribution in [0.25, 0.3) is 0 Å². The van der Waals surface area contributed by atoms with Crippen molar-refractivity contribution in [2.75, 3.05) is 12.4 Å². The fraction of sp³-hybridized carbons (Fsp3) is 0.267. The summed E-state index contributed by atoms with van der Waals surface area (Å²) in [6.45, 7) is 3.35. The van der Waals surface area contributed by atoms with Gasteiger partial charge in [0.2, 0.25) is 0 Å². The van der Waals surface area contributed by atoms with Crippen LogP contribution in [0.3, 0.4) is 0 Å². The first-order chi connectivity index (χ1) is 10.5. The monoisotopic (exact) mass is 303 g/mol. The first-order valence-corrected chi connectivity index (χ1v) is 6.72. The second-order valence-electron chi connectivity index (χ2n) is 4.68. The summed E-state index contributed by atoms with van der Waals surface area (Å²) in [5, 5.41) is 8.80. The van der Waals surface area contributed by atoms with E-state index in [0.717, 1.165) is 0 Å². The Balaban J connectivity index is 1.94. The topological polar surface area (TPSA) is 93.5 Å². The number of anilines is 1. The molecule has 0 bridgehead atoms. The summed E-state index contributed by atoms with van der Waals surface area (Å²) < 4.78 is 10.4. The molecule has 0 radical (unpaired) electrons. The number of rotatable bonds is 5. The second kappa shape index (κ2) is 6.75. The molecule has 0 saturated heterocycles. The van der Waals surface area contributed by atoms with Gasteiger partial charge in [0.25, 0.3) is 11.8 Å². The average molecular weight is 303 g/mol. The fourth-order valence-corrected chi connectivity index (χ4v) is 1.74. The molecule has 0 aliphatic heterocycles. The van der Waals surface area contributed by atoms with Gasteiger partial charge in [-0.1, -0.05) is 5.16 Å². The Morgan fingerprint density at radius 3 is 2.50 bits per heavy atom. The summed E-state index contributed by atoms with van der Waals surface area (Å²) in [5.41, 5.74) is 0.519. The molecular weight excluding hydrogens is 286 g/mol. The molecule has 7 heteroatoms. The van der Waals surface area contributed by atoms with E-state index in [9.17, 15) is 9.59 Å². The molecule has 1 atom stereocenters. The lowest BCUT2D eigenvalue weighted by molar-refractivity contribution is -0.122. The van der Waals surface area contributed by atoms with Crippen molar-refractivity contribution in [1.29, 1.82) is 0 Å². The van der Waals surface area contributed by atoms with Crippen molar-refractivity contribution in [3.8, 4) is 5.75 Å². The van der Waals surface area contributed by atoms with Crippen LogP contribution in [0.5, 0.6) is 5.75 Å². The third kappa shape index (κ3) is 3.85. The molecule has 2 rings (SSSR count). The zero-order valence-corrected chi connectivity index (χ0v) is 12.5. The van der Waals surface area contributed by atoms with Crippen molar-refractivity contribution < 1.29 is 18.8 Å². The molecule has 0 unspecified atom stereocenters. The van der Waals surface area contributed by atoms with Crippen molar-refractivity contribution >= 4 is 17.6 Å². The summed E-state index contributed by atoms with van der Waals surface area (Å²) in [5.74, 6) is 0.913. The standard InChI is InChI=1S/C15H17N3O4/c1-9-8-13(18-22-9)17-14(19)10(2)21-12-6-4-11(5-7-12)15(20)16-3/h4-8,10H,1-3H3,(H,16,20)(H,17,18,19)/t10-/m1/s1. The highest BCUT2D eigenvalue weighted by molar-refractivity contribution is 5.94. The molecule has 0 spiro atoms. The number of hydrogen-bond acceptors (Lipinski definition) is 5. The molecule has 0 fully saturated rings. The lowest BCUT2D eigenvalue weighted by atomic mass is 10.2. The summed E-state index contributed by atoms with van der Waals surface area (Å²) in [6.07, 6.45) is -0.720. The molecule has 1 aromatic carbocycles. The predicted molar refractivity (Wildman–Crippen MR) is 79.8 cm³/mol. The van der Waals surface area contributed by atoms with Crippen LogP contribution in [-0.2, 0) is 4.79 Å². The van der Waals surface area contributed by atoms with E-state index in [4.69, 9.17) is 9.26 Å².